The van der Waals surface area contributed by atoms with Gasteiger partial charge < -0.3 is 15.3 Å². The lowest BCUT2D eigenvalue weighted by molar-refractivity contribution is -0.230. The van der Waals surface area contributed by atoms with Crippen LogP contribution in [0.4, 0.5) is 0 Å². The van der Waals surface area contributed by atoms with Gasteiger partial charge in [-0.1, -0.05) is 148 Å². The molecule has 1 aliphatic rings. The summed E-state index contributed by atoms with van der Waals surface area (Å²) in [5.41, 5.74) is 0. The van der Waals surface area contributed by atoms with E-state index in [-0.39, 0.29) is 0 Å². The number of aliphatic hydroxyl groups is 3. The summed E-state index contributed by atoms with van der Waals surface area (Å²) in [6.45, 7) is 0. The van der Waals surface area contributed by atoms with Crippen molar-refractivity contribution in [2.75, 3.05) is 0 Å². The summed E-state index contributed by atoms with van der Waals surface area (Å²) in [6.07, 6.45) is 30.9. The average Bonchev–Trinajstić information content (AvgIpc) is 2.75. The molecule has 0 radical (unpaired) electrons. The molecule has 1 rings (SSSR count). The quantitative estimate of drug-likeness (QED) is 0.333. The van der Waals surface area contributed by atoms with Crippen molar-refractivity contribution in [2.24, 2.45) is 0 Å². The van der Waals surface area contributed by atoms with Crippen LogP contribution in [0.1, 0.15) is 167 Å². The van der Waals surface area contributed by atoms with Gasteiger partial charge in [0, 0.05) is 6.42 Å². The van der Waals surface area contributed by atoms with E-state index in [2.05, 4.69) is 0 Å². The normalized spacial score (nSPS) is 27.0. The zero-order chi connectivity index (χ0) is 22.5. The van der Waals surface area contributed by atoms with Crippen LogP contribution in [0.25, 0.3) is 0 Å². The molecule has 0 aliphatic heterocycles. The smallest absolute Gasteiger partial charge is 0.189 e. The third-order valence-electron chi connectivity index (χ3n) is 7.31. The van der Waals surface area contributed by atoms with Gasteiger partial charge in [-0.05, 0) is 12.8 Å². The fraction of sp³-hybridized carbons (Fsp3) is 1.00. The Hall–Kier alpha value is -0.120. The van der Waals surface area contributed by atoms with Gasteiger partial charge >= 0.3 is 0 Å². The fourth-order valence-corrected chi connectivity index (χ4v) is 5.01. The van der Waals surface area contributed by atoms with Crippen LogP contribution in [-0.4, -0.2) is 27.2 Å². The van der Waals surface area contributed by atoms with E-state index in [0.29, 0.717) is 12.8 Å². The first-order chi connectivity index (χ1) is 15.1. The minimum atomic E-state index is -1.90. The molecule has 0 aromatic carbocycles. The van der Waals surface area contributed by atoms with Crippen molar-refractivity contribution in [1.29, 1.82) is 0 Å². The Morgan fingerprint density at radius 3 is 0.871 bits per heavy atom. The molecule has 1 unspecified atom stereocenters. The van der Waals surface area contributed by atoms with Crippen molar-refractivity contribution in [3.05, 3.63) is 0 Å². The summed E-state index contributed by atoms with van der Waals surface area (Å²) in [6, 6.07) is 0. The van der Waals surface area contributed by atoms with E-state index >= 15 is 0 Å². The molecule has 1 saturated carbocycles. The molecule has 0 bridgehead atoms. The molecule has 3 nitrogen and oxygen atoms in total. The molecule has 31 heavy (non-hydrogen) atoms. The standard InChI is InChI=1S/C28H56O3/c29-27-25-23-21-19-17-15-13-11-9-7-5-3-1-2-4-6-8-10-12-14-16-18-20-22-24-26-28(27,30)31/h27,29-31H,1-26H2. The Kier molecular flexibility index (Phi) is 19.1. The first kappa shape index (κ1) is 28.9. The third-order valence-corrected chi connectivity index (χ3v) is 7.31. The molecule has 186 valence electrons. The van der Waals surface area contributed by atoms with Crippen molar-refractivity contribution in [2.45, 2.75) is 179 Å². The first-order valence-electron chi connectivity index (χ1n) is 14.3. The summed E-state index contributed by atoms with van der Waals surface area (Å²) in [5.74, 6) is -1.90. The van der Waals surface area contributed by atoms with Gasteiger partial charge in [0.1, 0.15) is 6.10 Å². The molecule has 0 spiro atoms. The predicted molar refractivity (Wildman–Crippen MR) is 133 cm³/mol. The van der Waals surface area contributed by atoms with Crippen LogP contribution in [-0.2, 0) is 0 Å². The summed E-state index contributed by atoms with van der Waals surface area (Å²) >= 11 is 0. The van der Waals surface area contributed by atoms with Crippen molar-refractivity contribution in [1.82, 2.24) is 0 Å². The highest BCUT2D eigenvalue weighted by molar-refractivity contribution is 4.75. The maximum Gasteiger partial charge on any atom is 0.189 e. The van der Waals surface area contributed by atoms with Gasteiger partial charge in [0.25, 0.3) is 0 Å². The molecule has 0 aromatic heterocycles. The van der Waals surface area contributed by atoms with Crippen LogP contribution in [0, 0.1) is 0 Å². The number of aliphatic hydroxyl groups excluding tert-OH is 1. The topological polar surface area (TPSA) is 60.7 Å². The number of hydrogen-bond acceptors (Lipinski definition) is 3. The predicted octanol–water partition coefficient (Wildman–Crippen LogP) is 8.18. The van der Waals surface area contributed by atoms with E-state index in [9.17, 15) is 15.3 Å². The van der Waals surface area contributed by atoms with Gasteiger partial charge in [0.2, 0.25) is 0 Å². The van der Waals surface area contributed by atoms with Crippen molar-refractivity contribution in [3.8, 4) is 0 Å². The van der Waals surface area contributed by atoms with Crippen LogP contribution in [0.15, 0.2) is 0 Å². The largest absolute Gasteiger partial charge is 0.388 e. The van der Waals surface area contributed by atoms with Crippen LogP contribution in [0.2, 0.25) is 0 Å². The molecule has 3 heteroatoms. The van der Waals surface area contributed by atoms with Gasteiger partial charge in [-0.15, -0.1) is 0 Å². The monoisotopic (exact) mass is 440 g/mol. The maximum absolute atomic E-state index is 10.2. The van der Waals surface area contributed by atoms with E-state index in [1.165, 1.54) is 128 Å². The van der Waals surface area contributed by atoms with Crippen LogP contribution >= 0.6 is 0 Å². The van der Waals surface area contributed by atoms with Gasteiger partial charge in [-0.25, -0.2) is 0 Å². The molecular formula is C28H56O3. The SMILES string of the molecule is OC1CCCCCCCCCCCCCCCCCCCCCCCCCCC1(O)O. The van der Waals surface area contributed by atoms with Crippen molar-refractivity contribution >= 4 is 0 Å². The summed E-state index contributed by atoms with van der Waals surface area (Å²) in [5, 5.41) is 30.6. The molecule has 1 atom stereocenters. The minimum absolute atomic E-state index is 0.300. The van der Waals surface area contributed by atoms with Crippen molar-refractivity contribution < 1.29 is 15.3 Å². The molecule has 0 heterocycles. The van der Waals surface area contributed by atoms with Gasteiger partial charge in [0.15, 0.2) is 5.79 Å². The molecule has 0 amide bonds. The lowest BCUT2D eigenvalue weighted by atomic mass is 9.96. The average molecular weight is 441 g/mol. The lowest BCUT2D eigenvalue weighted by Crippen LogP contribution is -2.42. The molecule has 1 aliphatic carbocycles. The van der Waals surface area contributed by atoms with E-state index in [1.807, 2.05) is 0 Å². The second kappa shape index (κ2) is 20.5. The molecule has 3 N–H and O–H groups in total. The van der Waals surface area contributed by atoms with Gasteiger partial charge in [0.05, 0.1) is 0 Å². The van der Waals surface area contributed by atoms with E-state index < -0.39 is 11.9 Å². The Balaban J connectivity index is 2.20. The number of rotatable bonds is 0. The van der Waals surface area contributed by atoms with Crippen LogP contribution in [0.3, 0.4) is 0 Å². The first-order valence-corrected chi connectivity index (χ1v) is 14.3. The molecule has 1 fully saturated rings. The highest BCUT2D eigenvalue weighted by Gasteiger charge is 2.31. The Labute approximate surface area is 194 Å². The highest BCUT2D eigenvalue weighted by atomic mass is 16.5. The Morgan fingerprint density at radius 1 is 0.355 bits per heavy atom. The molecule has 0 saturated heterocycles. The Bertz CT molecular complexity index is 369. The van der Waals surface area contributed by atoms with E-state index in [1.54, 1.807) is 0 Å². The van der Waals surface area contributed by atoms with Gasteiger partial charge in [-0.3, -0.25) is 0 Å². The maximum atomic E-state index is 10.2. The van der Waals surface area contributed by atoms with E-state index in [4.69, 9.17) is 0 Å². The molecule has 0 aromatic rings. The minimum Gasteiger partial charge on any atom is -0.388 e. The lowest BCUT2D eigenvalue weighted by Gasteiger charge is -2.27. The van der Waals surface area contributed by atoms with Crippen LogP contribution < -0.4 is 0 Å². The zero-order valence-electron chi connectivity index (χ0n) is 20.8. The fourth-order valence-electron chi connectivity index (χ4n) is 5.01. The number of hydrogen-bond donors (Lipinski definition) is 3. The van der Waals surface area contributed by atoms with Crippen molar-refractivity contribution in [3.63, 3.8) is 0 Å². The van der Waals surface area contributed by atoms with Gasteiger partial charge in [-0.2, -0.15) is 0 Å². The summed E-state index contributed by atoms with van der Waals surface area (Å²) in [7, 11) is 0. The highest BCUT2D eigenvalue weighted by Crippen LogP contribution is 2.22. The van der Waals surface area contributed by atoms with E-state index in [0.717, 1.165) is 25.7 Å². The second-order valence-electron chi connectivity index (χ2n) is 10.4. The molecular weight excluding hydrogens is 384 g/mol. The second-order valence-corrected chi connectivity index (χ2v) is 10.4. The summed E-state index contributed by atoms with van der Waals surface area (Å²) in [4.78, 5) is 0. The Morgan fingerprint density at radius 2 is 0.581 bits per heavy atom. The summed E-state index contributed by atoms with van der Waals surface area (Å²) < 4.78 is 0. The zero-order valence-corrected chi connectivity index (χ0v) is 20.8. The van der Waals surface area contributed by atoms with Crippen LogP contribution in [0.5, 0.6) is 0 Å². The third kappa shape index (κ3) is 18.0.